The first-order valence-electron chi connectivity index (χ1n) is 5.20. The lowest BCUT2D eigenvalue weighted by molar-refractivity contribution is -0.121. The van der Waals surface area contributed by atoms with Gasteiger partial charge in [0.05, 0.1) is 11.8 Å². The largest absolute Gasteiger partial charge is 0.352 e. The zero-order valence-corrected chi connectivity index (χ0v) is 9.98. The van der Waals surface area contributed by atoms with Crippen LogP contribution < -0.4 is 5.32 Å². The average Bonchev–Trinajstić information content (AvgIpc) is 2.79. The molecule has 1 amide bonds. The number of thiophene rings is 1. The quantitative estimate of drug-likeness (QED) is 0.813. The van der Waals surface area contributed by atoms with Crippen LogP contribution in [0.25, 0.3) is 0 Å². The van der Waals surface area contributed by atoms with E-state index >= 15 is 0 Å². The molecule has 0 spiro atoms. The number of carbonyl (C=O) groups excluding carboxylic acids is 1. The van der Waals surface area contributed by atoms with Crippen LogP contribution >= 0.6 is 22.9 Å². The number of hydrogen-bond donors (Lipinski definition) is 1. The molecule has 2 unspecified atom stereocenters. The number of hydrogen-bond acceptors (Lipinski definition) is 2. The summed E-state index contributed by atoms with van der Waals surface area (Å²) in [6.45, 7) is 0. The summed E-state index contributed by atoms with van der Waals surface area (Å²) < 4.78 is 0. The Morgan fingerprint density at radius 1 is 1.60 bits per heavy atom. The van der Waals surface area contributed by atoms with Gasteiger partial charge in [0.25, 0.3) is 0 Å². The Labute approximate surface area is 98.6 Å². The summed E-state index contributed by atoms with van der Waals surface area (Å²) in [5.74, 6) is 0.0888. The van der Waals surface area contributed by atoms with Gasteiger partial charge in [0, 0.05) is 6.04 Å². The zero-order chi connectivity index (χ0) is 10.7. The molecule has 1 aromatic rings. The van der Waals surface area contributed by atoms with Gasteiger partial charge in [-0.25, -0.2) is 0 Å². The van der Waals surface area contributed by atoms with Crippen molar-refractivity contribution >= 4 is 28.8 Å². The molecule has 0 bridgehead atoms. The highest BCUT2D eigenvalue weighted by Crippen LogP contribution is 2.24. The first-order valence-corrected chi connectivity index (χ1v) is 6.58. The third kappa shape index (κ3) is 2.95. The van der Waals surface area contributed by atoms with Crippen molar-refractivity contribution in [3.8, 4) is 0 Å². The summed E-state index contributed by atoms with van der Waals surface area (Å²) in [6.07, 6.45) is 3.63. The summed E-state index contributed by atoms with van der Waals surface area (Å²) in [5, 5.41) is 7.12. The minimum atomic E-state index is 0.0888. The summed E-state index contributed by atoms with van der Waals surface area (Å²) in [5.41, 5.74) is 1.08. The van der Waals surface area contributed by atoms with Crippen LogP contribution in [-0.4, -0.2) is 17.3 Å². The van der Waals surface area contributed by atoms with Crippen LogP contribution in [0.5, 0.6) is 0 Å². The summed E-state index contributed by atoms with van der Waals surface area (Å²) >= 11 is 7.71. The van der Waals surface area contributed by atoms with Crippen molar-refractivity contribution in [2.45, 2.75) is 37.1 Å². The number of halogens is 1. The molecule has 0 aliphatic heterocycles. The molecule has 0 aromatic carbocycles. The van der Waals surface area contributed by atoms with E-state index < -0.39 is 0 Å². The zero-order valence-electron chi connectivity index (χ0n) is 8.41. The highest BCUT2D eigenvalue weighted by molar-refractivity contribution is 7.07. The lowest BCUT2D eigenvalue weighted by atomic mass is 10.2. The molecule has 1 fully saturated rings. The van der Waals surface area contributed by atoms with Gasteiger partial charge in [0.1, 0.15) is 0 Å². The van der Waals surface area contributed by atoms with Crippen molar-refractivity contribution in [1.29, 1.82) is 0 Å². The van der Waals surface area contributed by atoms with Crippen molar-refractivity contribution in [3.63, 3.8) is 0 Å². The van der Waals surface area contributed by atoms with Crippen molar-refractivity contribution in [3.05, 3.63) is 22.4 Å². The molecule has 2 rings (SSSR count). The van der Waals surface area contributed by atoms with E-state index in [0.717, 1.165) is 24.8 Å². The van der Waals surface area contributed by atoms with E-state index in [1.165, 1.54) is 0 Å². The standard InChI is InChI=1S/C11H14ClNOS/c12-9-2-1-3-10(9)13-11(14)6-8-4-5-15-7-8/h4-5,7,9-10H,1-3,6H2,(H,13,14). The molecule has 1 heterocycles. The highest BCUT2D eigenvalue weighted by atomic mass is 35.5. The SMILES string of the molecule is O=C(Cc1ccsc1)NC1CCCC1Cl. The third-order valence-electron chi connectivity index (χ3n) is 2.72. The molecule has 1 aliphatic carbocycles. The van der Waals surface area contributed by atoms with E-state index in [9.17, 15) is 4.79 Å². The Bertz CT molecular complexity index is 325. The van der Waals surface area contributed by atoms with Crippen LogP contribution in [0.15, 0.2) is 16.8 Å². The van der Waals surface area contributed by atoms with E-state index in [1.807, 2.05) is 16.8 Å². The number of alkyl halides is 1. The van der Waals surface area contributed by atoms with Crippen molar-refractivity contribution in [2.75, 3.05) is 0 Å². The van der Waals surface area contributed by atoms with Gasteiger partial charge in [-0.1, -0.05) is 0 Å². The molecule has 1 saturated carbocycles. The van der Waals surface area contributed by atoms with Gasteiger partial charge in [-0.15, -0.1) is 11.6 Å². The van der Waals surface area contributed by atoms with Crippen LogP contribution in [0, 0.1) is 0 Å². The predicted molar refractivity (Wildman–Crippen MR) is 63.4 cm³/mol. The van der Waals surface area contributed by atoms with Crippen molar-refractivity contribution < 1.29 is 4.79 Å². The molecular formula is C11H14ClNOS. The Balaban J connectivity index is 1.82. The maximum atomic E-state index is 11.6. The second kappa shape index (κ2) is 4.99. The van der Waals surface area contributed by atoms with Gasteiger partial charge in [-0.2, -0.15) is 11.3 Å². The predicted octanol–water partition coefficient (Wildman–Crippen LogP) is 2.57. The normalized spacial score (nSPS) is 25.4. The summed E-state index contributed by atoms with van der Waals surface area (Å²) in [4.78, 5) is 11.6. The maximum absolute atomic E-state index is 11.6. The van der Waals surface area contributed by atoms with E-state index in [0.29, 0.717) is 6.42 Å². The Morgan fingerprint density at radius 3 is 3.07 bits per heavy atom. The monoisotopic (exact) mass is 243 g/mol. The fourth-order valence-electron chi connectivity index (χ4n) is 1.91. The second-order valence-electron chi connectivity index (χ2n) is 3.93. The van der Waals surface area contributed by atoms with Gasteiger partial charge in [0.15, 0.2) is 0 Å². The molecule has 0 radical (unpaired) electrons. The van der Waals surface area contributed by atoms with Gasteiger partial charge in [-0.3, -0.25) is 4.79 Å². The molecule has 15 heavy (non-hydrogen) atoms. The van der Waals surface area contributed by atoms with Crippen LogP contribution in [0.1, 0.15) is 24.8 Å². The lowest BCUT2D eigenvalue weighted by Crippen LogP contribution is -2.38. The van der Waals surface area contributed by atoms with E-state index in [4.69, 9.17) is 11.6 Å². The van der Waals surface area contributed by atoms with Gasteiger partial charge in [0.2, 0.25) is 5.91 Å². The maximum Gasteiger partial charge on any atom is 0.224 e. The molecule has 82 valence electrons. The van der Waals surface area contributed by atoms with E-state index in [-0.39, 0.29) is 17.3 Å². The van der Waals surface area contributed by atoms with Crippen molar-refractivity contribution in [1.82, 2.24) is 5.32 Å². The van der Waals surface area contributed by atoms with E-state index in [1.54, 1.807) is 11.3 Å². The first-order chi connectivity index (χ1) is 7.25. The van der Waals surface area contributed by atoms with Crippen LogP contribution in [0.2, 0.25) is 0 Å². The third-order valence-corrected chi connectivity index (χ3v) is 3.98. The Morgan fingerprint density at radius 2 is 2.47 bits per heavy atom. The van der Waals surface area contributed by atoms with Crippen LogP contribution in [0.4, 0.5) is 0 Å². The van der Waals surface area contributed by atoms with Crippen molar-refractivity contribution in [2.24, 2.45) is 0 Å². The molecule has 2 atom stereocenters. The summed E-state index contributed by atoms with van der Waals surface area (Å²) in [6, 6.07) is 2.16. The molecule has 1 aromatic heterocycles. The van der Waals surface area contributed by atoms with E-state index in [2.05, 4.69) is 5.32 Å². The molecule has 4 heteroatoms. The molecule has 2 nitrogen and oxygen atoms in total. The first kappa shape index (κ1) is 11.0. The van der Waals surface area contributed by atoms with Crippen LogP contribution in [-0.2, 0) is 11.2 Å². The smallest absolute Gasteiger partial charge is 0.224 e. The lowest BCUT2D eigenvalue weighted by Gasteiger charge is -2.15. The highest BCUT2D eigenvalue weighted by Gasteiger charge is 2.26. The number of nitrogens with one attached hydrogen (secondary N) is 1. The minimum absolute atomic E-state index is 0.0888. The number of amides is 1. The number of carbonyl (C=O) groups is 1. The fraction of sp³-hybridized carbons (Fsp3) is 0.545. The second-order valence-corrected chi connectivity index (χ2v) is 5.27. The Hall–Kier alpha value is -0.540. The average molecular weight is 244 g/mol. The molecular weight excluding hydrogens is 230 g/mol. The van der Waals surface area contributed by atoms with Crippen LogP contribution in [0.3, 0.4) is 0 Å². The fourth-order valence-corrected chi connectivity index (χ4v) is 2.93. The molecule has 1 aliphatic rings. The summed E-state index contributed by atoms with van der Waals surface area (Å²) in [7, 11) is 0. The van der Waals surface area contributed by atoms with Gasteiger partial charge in [-0.05, 0) is 41.7 Å². The van der Waals surface area contributed by atoms with Gasteiger partial charge >= 0.3 is 0 Å². The Kier molecular flexibility index (Phi) is 3.65. The minimum Gasteiger partial charge on any atom is -0.352 e. The number of rotatable bonds is 3. The topological polar surface area (TPSA) is 29.1 Å². The molecule has 1 N–H and O–H groups in total. The molecule has 0 saturated heterocycles. The van der Waals surface area contributed by atoms with Gasteiger partial charge < -0.3 is 5.32 Å².